The van der Waals surface area contributed by atoms with Gasteiger partial charge in [-0.05, 0) is 47.5 Å². The second-order valence-electron chi connectivity index (χ2n) is 8.21. The van der Waals surface area contributed by atoms with Crippen molar-refractivity contribution in [2.45, 2.75) is 19.0 Å². The molecule has 0 aliphatic heterocycles. The van der Waals surface area contributed by atoms with E-state index in [9.17, 15) is 22.4 Å². The zero-order valence-corrected chi connectivity index (χ0v) is 22.3. The van der Waals surface area contributed by atoms with Gasteiger partial charge >= 0.3 is 0 Å². The first-order valence-corrected chi connectivity index (χ1v) is 13.8. The van der Waals surface area contributed by atoms with E-state index in [2.05, 4.69) is 21.2 Å². The number of carbonyl (C=O) groups is 2. The van der Waals surface area contributed by atoms with Crippen LogP contribution in [0.25, 0.3) is 0 Å². The van der Waals surface area contributed by atoms with Crippen LogP contribution in [0.5, 0.6) is 0 Å². The van der Waals surface area contributed by atoms with Gasteiger partial charge in [0.05, 0.1) is 11.9 Å². The van der Waals surface area contributed by atoms with Crippen LogP contribution in [0, 0.1) is 5.82 Å². The van der Waals surface area contributed by atoms with Crippen molar-refractivity contribution in [3.63, 3.8) is 0 Å². The fourth-order valence-corrected chi connectivity index (χ4v) is 4.84. The molecule has 3 aromatic carbocycles. The molecule has 0 heterocycles. The molecule has 190 valence electrons. The van der Waals surface area contributed by atoms with Gasteiger partial charge in [0.25, 0.3) is 0 Å². The number of halogens is 2. The van der Waals surface area contributed by atoms with E-state index in [1.54, 1.807) is 24.3 Å². The maximum Gasteiger partial charge on any atom is 0.244 e. The molecule has 0 aliphatic rings. The van der Waals surface area contributed by atoms with Crippen molar-refractivity contribution < 1.29 is 22.4 Å². The standard InChI is InChI=1S/C26H27BrFN3O4S/c1-29-26(33)24(16-19-6-4-3-5-7-19)30(17-20-8-12-22(28)13-9-20)25(32)18-31(36(2,34)35)23-14-10-21(27)11-15-23/h3-15,24H,16-18H2,1-2H3,(H,29,33)/t24-/m0/s1. The second kappa shape index (κ2) is 12.1. The molecule has 0 unspecified atom stereocenters. The monoisotopic (exact) mass is 575 g/mol. The topological polar surface area (TPSA) is 86.8 Å². The van der Waals surface area contributed by atoms with Crippen molar-refractivity contribution in [3.05, 3.63) is 100 Å². The number of likely N-dealkylation sites (N-methyl/N-ethyl adjacent to an activating group) is 1. The van der Waals surface area contributed by atoms with Gasteiger partial charge in [-0.15, -0.1) is 0 Å². The third-order valence-corrected chi connectivity index (χ3v) is 7.25. The summed E-state index contributed by atoms with van der Waals surface area (Å²) in [6.45, 7) is -0.522. The number of nitrogens with zero attached hydrogens (tertiary/aromatic N) is 2. The van der Waals surface area contributed by atoms with E-state index in [4.69, 9.17) is 0 Å². The molecule has 1 N–H and O–H groups in total. The van der Waals surface area contributed by atoms with Crippen LogP contribution in [0.2, 0.25) is 0 Å². The minimum absolute atomic E-state index is 0.0119. The molecule has 10 heteroatoms. The zero-order chi connectivity index (χ0) is 26.3. The highest BCUT2D eigenvalue weighted by molar-refractivity contribution is 9.10. The zero-order valence-electron chi connectivity index (χ0n) is 19.9. The van der Waals surface area contributed by atoms with Crippen LogP contribution in [-0.4, -0.2) is 51.0 Å². The average molecular weight is 576 g/mol. The van der Waals surface area contributed by atoms with Crippen molar-refractivity contribution in [2.75, 3.05) is 24.2 Å². The lowest BCUT2D eigenvalue weighted by Crippen LogP contribution is -2.52. The molecule has 0 bridgehead atoms. The fourth-order valence-electron chi connectivity index (χ4n) is 3.73. The molecule has 0 aromatic heterocycles. The summed E-state index contributed by atoms with van der Waals surface area (Å²) in [6.07, 6.45) is 1.23. The van der Waals surface area contributed by atoms with Crippen LogP contribution in [0.1, 0.15) is 11.1 Å². The molecule has 3 aromatic rings. The first-order valence-electron chi connectivity index (χ1n) is 11.1. The van der Waals surface area contributed by atoms with E-state index in [0.29, 0.717) is 11.3 Å². The lowest BCUT2D eigenvalue weighted by molar-refractivity contribution is -0.139. The second-order valence-corrected chi connectivity index (χ2v) is 11.0. The van der Waals surface area contributed by atoms with Crippen LogP contribution in [0.4, 0.5) is 10.1 Å². The number of hydrogen-bond donors (Lipinski definition) is 1. The average Bonchev–Trinajstić information content (AvgIpc) is 2.86. The Labute approximate surface area is 219 Å². The van der Waals surface area contributed by atoms with Gasteiger partial charge in [0, 0.05) is 24.5 Å². The molecule has 1 atom stereocenters. The quantitative estimate of drug-likeness (QED) is 0.399. The molecule has 0 fully saturated rings. The van der Waals surface area contributed by atoms with E-state index >= 15 is 0 Å². The smallest absolute Gasteiger partial charge is 0.244 e. The van der Waals surface area contributed by atoms with Crippen molar-refractivity contribution in [1.82, 2.24) is 10.2 Å². The highest BCUT2D eigenvalue weighted by atomic mass is 79.9. The predicted octanol–water partition coefficient (Wildman–Crippen LogP) is 3.74. The first-order chi connectivity index (χ1) is 17.1. The van der Waals surface area contributed by atoms with E-state index in [0.717, 1.165) is 20.6 Å². The van der Waals surface area contributed by atoms with Crippen molar-refractivity contribution in [2.24, 2.45) is 0 Å². The molecule has 36 heavy (non-hydrogen) atoms. The van der Waals surface area contributed by atoms with E-state index in [-0.39, 0.29) is 13.0 Å². The summed E-state index contributed by atoms with van der Waals surface area (Å²) in [5, 5.41) is 2.61. The maximum atomic E-state index is 13.7. The number of nitrogens with one attached hydrogen (secondary N) is 1. The molecule has 0 spiro atoms. The summed E-state index contributed by atoms with van der Waals surface area (Å²) in [6, 6.07) is 20.4. The van der Waals surface area contributed by atoms with Gasteiger partial charge in [-0.3, -0.25) is 13.9 Å². The number of rotatable bonds is 10. The summed E-state index contributed by atoms with van der Waals surface area (Å²) in [4.78, 5) is 28.1. The van der Waals surface area contributed by atoms with Gasteiger partial charge < -0.3 is 10.2 Å². The van der Waals surface area contributed by atoms with Gasteiger partial charge in [-0.1, -0.05) is 58.4 Å². The SMILES string of the molecule is CNC(=O)[C@H](Cc1ccccc1)N(Cc1ccc(F)cc1)C(=O)CN(c1ccc(Br)cc1)S(C)(=O)=O. The predicted molar refractivity (Wildman–Crippen MR) is 141 cm³/mol. The van der Waals surface area contributed by atoms with E-state index in [1.165, 1.54) is 36.2 Å². The third-order valence-electron chi connectivity index (χ3n) is 5.58. The Kier molecular flexibility index (Phi) is 9.22. The van der Waals surface area contributed by atoms with Gasteiger partial charge in [-0.2, -0.15) is 0 Å². The van der Waals surface area contributed by atoms with Gasteiger partial charge in [0.2, 0.25) is 21.8 Å². The Hall–Kier alpha value is -3.24. The number of benzene rings is 3. The van der Waals surface area contributed by atoms with Crippen LogP contribution in [0.3, 0.4) is 0 Å². The summed E-state index contributed by atoms with van der Waals surface area (Å²) in [7, 11) is -2.35. The number of sulfonamides is 1. The summed E-state index contributed by atoms with van der Waals surface area (Å²) >= 11 is 3.32. The molecule has 0 aliphatic carbocycles. The van der Waals surface area contributed by atoms with Crippen LogP contribution < -0.4 is 9.62 Å². The third kappa shape index (κ3) is 7.38. The Bertz CT molecular complexity index is 1290. The van der Waals surface area contributed by atoms with Crippen LogP contribution in [-0.2, 0) is 32.6 Å². The number of anilines is 1. The summed E-state index contributed by atoms with van der Waals surface area (Å²) < 4.78 is 40.6. The normalized spacial score (nSPS) is 12.0. The van der Waals surface area contributed by atoms with Gasteiger partial charge in [0.1, 0.15) is 18.4 Å². The molecule has 0 saturated carbocycles. The highest BCUT2D eigenvalue weighted by Gasteiger charge is 2.32. The van der Waals surface area contributed by atoms with Crippen molar-refractivity contribution in [1.29, 1.82) is 0 Å². The van der Waals surface area contributed by atoms with Crippen LogP contribution >= 0.6 is 15.9 Å². The maximum absolute atomic E-state index is 13.7. The molecule has 0 saturated heterocycles. The Morgan fingerprint density at radius 1 is 0.944 bits per heavy atom. The molecular weight excluding hydrogens is 549 g/mol. The molecule has 2 amide bonds. The minimum Gasteiger partial charge on any atom is -0.357 e. The summed E-state index contributed by atoms with van der Waals surface area (Å²) in [5.41, 5.74) is 1.74. The Morgan fingerprint density at radius 3 is 2.11 bits per heavy atom. The largest absolute Gasteiger partial charge is 0.357 e. The van der Waals surface area contributed by atoms with E-state index < -0.39 is 40.2 Å². The van der Waals surface area contributed by atoms with Gasteiger partial charge in [0.15, 0.2) is 0 Å². The minimum atomic E-state index is -3.83. The van der Waals surface area contributed by atoms with Crippen molar-refractivity contribution >= 4 is 43.5 Å². The lowest BCUT2D eigenvalue weighted by atomic mass is 10.0. The first kappa shape index (κ1) is 27.3. The summed E-state index contributed by atoms with van der Waals surface area (Å²) in [5.74, 6) is -1.40. The van der Waals surface area contributed by atoms with Crippen LogP contribution in [0.15, 0.2) is 83.3 Å². The molecule has 0 radical (unpaired) electrons. The lowest BCUT2D eigenvalue weighted by Gasteiger charge is -2.33. The Morgan fingerprint density at radius 2 is 1.56 bits per heavy atom. The highest BCUT2D eigenvalue weighted by Crippen LogP contribution is 2.22. The number of amides is 2. The molecular formula is C26H27BrFN3O4S. The van der Waals surface area contributed by atoms with Gasteiger partial charge in [-0.25, -0.2) is 12.8 Å². The van der Waals surface area contributed by atoms with Crippen molar-refractivity contribution in [3.8, 4) is 0 Å². The fraction of sp³-hybridized carbons (Fsp3) is 0.231. The molecule has 7 nitrogen and oxygen atoms in total. The number of hydrogen-bond acceptors (Lipinski definition) is 4. The molecule has 3 rings (SSSR count). The van der Waals surface area contributed by atoms with E-state index in [1.807, 2.05) is 30.3 Å². The number of carbonyl (C=O) groups excluding carboxylic acids is 2. The Balaban J connectivity index is 2.00.